The van der Waals surface area contributed by atoms with Gasteiger partial charge in [-0.15, -0.1) is 0 Å². The molecule has 0 aromatic heterocycles. The fourth-order valence-electron chi connectivity index (χ4n) is 1.29. The zero-order chi connectivity index (χ0) is 13.5. The van der Waals surface area contributed by atoms with Gasteiger partial charge in [0.1, 0.15) is 11.9 Å². The molecule has 0 bridgehead atoms. The second kappa shape index (κ2) is 6.69. The Balaban J connectivity index is 2.68. The normalized spacial score (nSPS) is 10.2. The Morgan fingerprint density at radius 3 is 2.67 bits per heavy atom. The average molecular weight is 252 g/mol. The number of rotatable bonds is 5. The number of benzene rings is 1. The maximum absolute atomic E-state index is 13.3. The van der Waals surface area contributed by atoms with Crippen LogP contribution in [0.2, 0.25) is 0 Å². The molecule has 96 valence electrons. The van der Waals surface area contributed by atoms with Gasteiger partial charge < -0.3 is 14.8 Å². The molecule has 1 amide bonds. The third-order valence-electron chi connectivity index (χ3n) is 2.31. The highest BCUT2D eigenvalue weighted by atomic mass is 19.1. The Morgan fingerprint density at radius 1 is 1.50 bits per heavy atom. The van der Waals surface area contributed by atoms with Crippen molar-refractivity contribution >= 4 is 5.91 Å². The van der Waals surface area contributed by atoms with Crippen molar-refractivity contribution in [3.63, 3.8) is 0 Å². The van der Waals surface area contributed by atoms with Gasteiger partial charge in [-0.1, -0.05) is 0 Å². The Morgan fingerprint density at radius 2 is 2.17 bits per heavy atom. The zero-order valence-corrected chi connectivity index (χ0v) is 10.1. The minimum Gasteiger partial charge on any atom is -0.354 e. The predicted molar refractivity (Wildman–Crippen MR) is 61.3 cm³/mol. The van der Waals surface area contributed by atoms with Crippen LogP contribution >= 0.6 is 0 Å². The molecule has 0 atom stereocenters. The molecule has 1 rings (SSSR count). The van der Waals surface area contributed by atoms with E-state index in [2.05, 4.69) is 5.32 Å². The van der Waals surface area contributed by atoms with Crippen LogP contribution in [0.25, 0.3) is 0 Å². The third kappa shape index (κ3) is 3.52. The third-order valence-corrected chi connectivity index (χ3v) is 2.31. The molecule has 5 nitrogen and oxygen atoms in total. The number of hydrogen-bond donors (Lipinski definition) is 1. The van der Waals surface area contributed by atoms with Crippen LogP contribution in [0.5, 0.6) is 0 Å². The molecule has 0 saturated heterocycles. The van der Waals surface area contributed by atoms with E-state index in [0.717, 1.165) is 6.07 Å². The van der Waals surface area contributed by atoms with Gasteiger partial charge in [-0.25, -0.2) is 4.39 Å². The Labute approximate surface area is 104 Å². The summed E-state index contributed by atoms with van der Waals surface area (Å²) < 4.78 is 23.1. The van der Waals surface area contributed by atoms with Crippen LogP contribution in [0, 0.1) is 17.1 Å². The molecule has 0 fully saturated rings. The highest BCUT2D eigenvalue weighted by Crippen LogP contribution is 2.09. The summed E-state index contributed by atoms with van der Waals surface area (Å²) in [5.74, 6) is -1.18. The van der Waals surface area contributed by atoms with Crippen molar-refractivity contribution in [2.75, 3.05) is 20.8 Å². The number of hydrogen-bond acceptors (Lipinski definition) is 4. The Bertz CT molecular complexity index is 467. The van der Waals surface area contributed by atoms with Crippen molar-refractivity contribution in [1.82, 2.24) is 5.32 Å². The second-order valence-electron chi connectivity index (χ2n) is 3.42. The molecule has 1 aromatic carbocycles. The lowest BCUT2D eigenvalue weighted by atomic mass is 10.1. The lowest BCUT2D eigenvalue weighted by Gasteiger charge is -2.14. The van der Waals surface area contributed by atoms with E-state index in [1.807, 2.05) is 0 Å². The van der Waals surface area contributed by atoms with Crippen molar-refractivity contribution in [1.29, 1.82) is 5.26 Å². The average Bonchev–Trinajstić information content (AvgIpc) is 2.39. The first-order valence-corrected chi connectivity index (χ1v) is 5.15. The first-order valence-electron chi connectivity index (χ1n) is 5.15. The van der Waals surface area contributed by atoms with Crippen LogP contribution in [0.15, 0.2) is 18.2 Å². The van der Waals surface area contributed by atoms with E-state index < -0.39 is 18.0 Å². The van der Waals surface area contributed by atoms with Crippen LogP contribution in [-0.4, -0.2) is 33.0 Å². The second-order valence-corrected chi connectivity index (χ2v) is 3.42. The highest BCUT2D eigenvalue weighted by Gasteiger charge is 2.11. The number of nitriles is 1. The monoisotopic (exact) mass is 252 g/mol. The van der Waals surface area contributed by atoms with Crippen LogP contribution in [0.4, 0.5) is 4.39 Å². The summed E-state index contributed by atoms with van der Waals surface area (Å²) in [6.45, 7) is 0.146. The van der Waals surface area contributed by atoms with Gasteiger partial charge in [-0.2, -0.15) is 5.26 Å². The van der Waals surface area contributed by atoms with E-state index in [-0.39, 0.29) is 17.7 Å². The molecule has 1 aromatic rings. The molecule has 18 heavy (non-hydrogen) atoms. The highest BCUT2D eigenvalue weighted by molar-refractivity contribution is 5.94. The van der Waals surface area contributed by atoms with Gasteiger partial charge in [0.05, 0.1) is 12.1 Å². The number of methoxy groups -OCH3 is 2. The molecule has 0 spiro atoms. The zero-order valence-electron chi connectivity index (χ0n) is 10.1. The molecule has 0 saturated carbocycles. The standard InChI is InChI=1S/C12H13FN2O3/c1-17-11(18-2)7-15-12(16)8-3-4-9(6-14)10(13)5-8/h3-5,11H,7H2,1-2H3,(H,15,16). The van der Waals surface area contributed by atoms with Gasteiger partial charge in [-0.3, -0.25) is 4.79 Å². The van der Waals surface area contributed by atoms with Crippen LogP contribution in [0.1, 0.15) is 15.9 Å². The number of nitrogens with zero attached hydrogens (tertiary/aromatic N) is 1. The molecule has 0 heterocycles. The van der Waals surface area contributed by atoms with E-state index in [9.17, 15) is 9.18 Å². The van der Waals surface area contributed by atoms with Gasteiger partial charge in [0.2, 0.25) is 0 Å². The molecular formula is C12H13FN2O3. The molecule has 0 aliphatic heterocycles. The summed E-state index contributed by atoms with van der Waals surface area (Å²) in [7, 11) is 2.89. The van der Waals surface area contributed by atoms with Crippen molar-refractivity contribution in [2.24, 2.45) is 0 Å². The van der Waals surface area contributed by atoms with E-state index >= 15 is 0 Å². The lowest BCUT2D eigenvalue weighted by molar-refractivity contribution is -0.0974. The summed E-state index contributed by atoms with van der Waals surface area (Å²) in [6.07, 6.45) is -0.558. The predicted octanol–water partition coefficient (Wildman–Crippen LogP) is 1.05. The van der Waals surface area contributed by atoms with Crippen molar-refractivity contribution in [3.8, 4) is 6.07 Å². The number of ether oxygens (including phenoxy) is 2. The molecule has 0 radical (unpaired) electrons. The quantitative estimate of drug-likeness (QED) is 0.795. The fourth-order valence-corrected chi connectivity index (χ4v) is 1.29. The maximum Gasteiger partial charge on any atom is 0.251 e. The number of carbonyl (C=O) groups is 1. The van der Waals surface area contributed by atoms with Crippen molar-refractivity contribution in [2.45, 2.75) is 6.29 Å². The Hall–Kier alpha value is -1.97. The maximum atomic E-state index is 13.3. The number of carbonyl (C=O) groups excluding carboxylic acids is 1. The minimum atomic E-state index is -0.722. The lowest BCUT2D eigenvalue weighted by Crippen LogP contribution is -2.34. The molecule has 6 heteroatoms. The number of halogens is 1. The van der Waals surface area contributed by atoms with E-state index in [4.69, 9.17) is 14.7 Å². The molecule has 0 aliphatic rings. The molecule has 0 aliphatic carbocycles. The van der Waals surface area contributed by atoms with E-state index in [0.29, 0.717) is 0 Å². The van der Waals surface area contributed by atoms with Crippen LogP contribution in [0.3, 0.4) is 0 Å². The number of amides is 1. The summed E-state index contributed by atoms with van der Waals surface area (Å²) >= 11 is 0. The Kier molecular flexibility index (Phi) is 5.24. The molecule has 0 unspecified atom stereocenters. The van der Waals surface area contributed by atoms with Crippen molar-refractivity contribution in [3.05, 3.63) is 35.1 Å². The summed E-state index contributed by atoms with van der Waals surface area (Å²) in [5, 5.41) is 11.1. The van der Waals surface area contributed by atoms with Gasteiger partial charge in [0, 0.05) is 19.8 Å². The van der Waals surface area contributed by atoms with Crippen molar-refractivity contribution < 1.29 is 18.7 Å². The summed E-state index contributed by atoms with van der Waals surface area (Å²) in [4.78, 5) is 11.7. The fraction of sp³-hybridized carbons (Fsp3) is 0.333. The van der Waals surface area contributed by atoms with E-state index in [1.54, 1.807) is 6.07 Å². The molecule has 1 N–H and O–H groups in total. The minimum absolute atomic E-state index is 0.0989. The first kappa shape index (κ1) is 14.1. The van der Waals surface area contributed by atoms with Gasteiger partial charge in [0.25, 0.3) is 5.91 Å². The topological polar surface area (TPSA) is 71.3 Å². The first-order chi connectivity index (χ1) is 8.62. The smallest absolute Gasteiger partial charge is 0.251 e. The van der Waals surface area contributed by atoms with Crippen LogP contribution < -0.4 is 5.32 Å². The van der Waals surface area contributed by atoms with Gasteiger partial charge >= 0.3 is 0 Å². The largest absolute Gasteiger partial charge is 0.354 e. The summed E-state index contributed by atoms with van der Waals surface area (Å²) in [6, 6.07) is 5.34. The van der Waals surface area contributed by atoms with E-state index in [1.165, 1.54) is 26.4 Å². The van der Waals surface area contributed by atoms with Gasteiger partial charge in [0.15, 0.2) is 6.29 Å². The number of nitrogens with one attached hydrogen (secondary N) is 1. The van der Waals surface area contributed by atoms with Crippen LogP contribution in [-0.2, 0) is 9.47 Å². The SMILES string of the molecule is COC(CNC(=O)c1ccc(C#N)c(F)c1)OC. The summed E-state index contributed by atoms with van der Waals surface area (Å²) in [5.41, 5.74) is 0.0377. The van der Waals surface area contributed by atoms with Gasteiger partial charge in [-0.05, 0) is 18.2 Å². The molecular weight excluding hydrogens is 239 g/mol.